The number of rotatable bonds is 3. The lowest BCUT2D eigenvalue weighted by Crippen LogP contribution is -2.20. The summed E-state index contributed by atoms with van der Waals surface area (Å²) in [7, 11) is 0. The van der Waals surface area contributed by atoms with Gasteiger partial charge in [0.05, 0.1) is 11.2 Å². The molecule has 210 valence electrons. The molecule has 0 N–H and O–H groups in total. The van der Waals surface area contributed by atoms with Crippen LogP contribution in [-0.2, 0) is 0 Å². The summed E-state index contributed by atoms with van der Waals surface area (Å²) in [5.74, 6) is 0. The van der Waals surface area contributed by atoms with E-state index in [0.717, 1.165) is 60.2 Å². The van der Waals surface area contributed by atoms with Crippen molar-refractivity contribution in [2.75, 3.05) is 0 Å². The SMILES string of the molecule is O=c1c2ccccc2c2cc(-c3ccccc3)ccc2n1-c1c2ccccc2c(-c2ccc3ccccc3c2)c2ccccc12. The summed E-state index contributed by atoms with van der Waals surface area (Å²) in [6, 6.07) is 57.2. The maximum atomic E-state index is 14.6. The number of hydrogen-bond acceptors (Lipinski definition) is 1. The molecule has 0 aliphatic rings. The number of fused-ring (bicyclic) bond motifs is 6. The molecule has 45 heavy (non-hydrogen) atoms. The third-order valence-corrected chi connectivity index (χ3v) is 9.16. The van der Waals surface area contributed by atoms with Gasteiger partial charge in [-0.25, -0.2) is 0 Å². The third kappa shape index (κ3) is 3.93. The Balaban J connectivity index is 1.44. The highest BCUT2D eigenvalue weighted by Gasteiger charge is 2.20. The van der Waals surface area contributed by atoms with Gasteiger partial charge in [0.15, 0.2) is 0 Å². The summed E-state index contributed by atoms with van der Waals surface area (Å²) >= 11 is 0. The van der Waals surface area contributed by atoms with E-state index < -0.39 is 0 Å². The largest absolute Gasteiger partial charge is 0.275 e. The van der Waals surface area contributed by atoms with Crippen LogP contribution < -0.4 is 5.56 Å². The van der Waals surface area contributed by atoms with Gasteiger partial charge in [-0.05, 0) is 73.5 Å². The summed E-state index contributed by atoms with van der Waals surface area (Å²) in [5, 5.41) is 9.49. The van der Waals surface area contributed by atoms with E-state index in [2.05, 4.69) is 140 Å². The van der Waals surface area contributed by atoms with Gasteiger partial charge in [-0.3, -0.25) is 9.36 Å². The molecule has 8 aromatic carbocycles. The Morgan fingerprint density at radius 2 is 0.911 bits per heavy atom. The zero-order chi connectivity index (χ0) is 29.9. The summed E-state index contributed by atoms with van der Waals surface area (Å²) in [4.78, 5) is 14.6. The number of nitrogens with zero attached hydrogens (tertiary/aromatic N) is 1. The van der Waals surface area contributed by atoms with Crippen LogP contribution >= 0.6 is 0 Å². The van der Waals surface area contributed by atoms with E-state index in [1.165, 1.54) is 16.3 Å². The van der Waals surface area contributed by atoms with Gasteiger partial charge in [-0.1, -0.05) is 140 Å². The van der Waals surface area contributed by atoms with Gasteiger partial charge in [-0.2, -0.15) is 0 Å². The molecule has 2 heteroatoms. The van der Waals surface area contributed by atoms with E-state index in [4.69, 9.17) is 0 Å². The summed E-state index contributed by atoms with van der Waals surface area (Å²) in [6.45, 7) is 0. The summed E-state index contributed by atoms with van der Waals surface area (Å²) in [5.41, 5.74) is 6.41. The molecule has 0 spiro atoms. The second-order valence-corrected chi connectivity index (χ2v) is 11.7. The van der Waals surface area contributed by atoms with E-state index in [1.54, 1.807) is 0 Å². The number of benzene rings is 8. The van der Waals surface area contributed by atoms with Crippen molar-refractivity contribution >= 4 is 54.0 Å². The highest BCUT2D eigenvalue weighted by molar-refractivity contribution is 6.20. The van der Waals surface area contributed by atoms with Crippen LogP contribution in [0.25, 0.3) is 81.9 Å². The molecule has 0 radical (unpaired) electrons. The Labute approximate surface area is 260 Å². The van der Waals surface area contributed by atoms with Crippen LogP contribution in [0.2, 0.25) is 0 Å². The first-order valence-electron chi connectivity index (χ1n) is 15.3. The van der Waals surface area contributed by atoms with Crippen molar-refractivity contribution in [1.82, 2.24) is 4.57 Å². The van der Waals surface area contributed by atoms with Gasteiger partial charge in [-0.15, -0.1) is 0 Å². The second-order valence-electron chi connectivity index (χ2n) is 11.7. The maximum Gasteiger partial charge on any atom is 0.263 e. The Morgan fingerprint density at radius 3 is 1.62 bits per heavy atom. The third-order valence-electron chi connectivity index (χ3n) is 9.16. The first kappa shape index (κ1) is 25.5. The topological polar surface area (TPSA) is 22.0 Å². The predicted molar refractivity (Wildman–Crippen MR) is 190 cm³/mol. The minimum absolute atomic E-state index is 0.0145. The number of pyridine rings is 1. The quantitative estimate of drug-likeness (QED) is 0.152. The fourth-order valence-corrected chi connectivity index (χ4v) is 7.12. The van der Waals surface area contributed by atoms with Crippen LogP contribution in [0, 0.1) is 0 Å². The first-order valence-corrected chi connectivity index (χ1v) is 15.3. The van der Waals surface area contributed by atoms with Crippen LogP contribution in [0.5, 0.6) is 0 Å². The molecule has 0 fully saturated rings. The second kappa shape index (κ2) is 10.0. The smallest absolute Gasteiger partial charge is 0.263 e. The van der Waals surface area contributed by atoms with Gasteiger partial charge < -0.3 is 0 Å². The molecule has 0 saturated carbocycles. The van der Waals surface area contributed by atoms with Crippen molar-refractivity contribution in [2.24, 2.45) is 0 Å². The van der Waals surface area contributed by atoms with Crippen molar-refractivity contribution < 1.29 is 0 Å². The Kier molecular flexibility index (Phi) is 5.69. The van der Waals surface area contributed by atoms with Crippen molar-refractivity contribution in [3.05, 3.63) is 174 Å². The molecule has 0 aliphatic carbocycles. The summed E-state index contributed by atoms with van der Waals surface area (Å²) < 4.78 is 1.96. The Morgan fingerprint density at radius 1 is 0.356 bits per heavy atom. The maximum absolute atomic E-state index is 14.6. The van der Waals surface area contributed by atoms with Crippen molar-refractivity contribution in [3.8, 4) is 27.9 Å². The molecular weight excluding hydrogens is 546 g/mol. The standard InChI is InChI=1S/C43H27NO/c45-43-38-21-11-6-16-33(38)39-27-31(28-12-2-1-3-13-28)24-25-40(39)44(43)42-36-19-9-7-17-34(36)41(35-18-8-10-20-37(35)42)32-23-22-29-14-4-5-15-30(29)26-32/h1-27H. The van der Waals surface area contributed by atoms with Crippen molar-refractivity contribution in [2.45, 2.75) is 0 Å². The van der Waals surface area contributed by atoms with E-state index in [9.17, 15) is 4.79 Å². The number of aromatic nitrogens is 1. The van der Waals surface area contributed by atoms with E-state index in [1.807, 2.05) is 28.8 Å². The molecule has 0 aliphatic heterocycles. The molecule has 2 nitrogen and oxygen atoms in total. The van der Waals surface area contributed by atoms with Gasteiger partial charge in [0.2, 0.25) is 0 Å². The van der Waals surface area contributed by atoms with E-state index >= 15 is 0 Å². The highest BCUT2D eigenvalue weighted by Crippen LogP contribution is 2.42. The van der Waals surface area contributed by atoms with Crippen molar-refractivity contribution in [1.29, 1.82) is 0 Å². The molecule has 0 unspecified atom stereocenters. The van der Waals surface area contributed by atoms with Gasteiger partial charge >= 0.3 is 0 Å². The fourth-order valence-electron chi connectivity index (χ4n) is 7.12. The van der Waals surface area contributed by atoms with Gasteiger partial charge in [0.25, 0.3) is 5.56 Å². The Hall–Kier alpha value is -5.99. The number of hydrogen-bond donors (Lipinski definition) is 0. The van der Waals surface area contributed by atoms with Gasteiger partial charge in [0, 0.05) is 21.5 Å². The Bertz CT molecular complexity index is 2610. The monoisotopic (exact) mass is 573 g/mol. The van der Waals surface area contributed by atoms with Crippen LogP contribution in [0.4, 0.5) is 0 Å². The zero-order valence-corrected chi connectivity index (χ0v) is 24.4. The normalized spacial score (nSPS) is 11.6. The minimum Gasteiger partial charge on any atom is -0.275 e. The van der Waals surface area contributed by atoms with E-state index in [0.29, 0.717) is 5.39 Å². The highest BCUT2D eigenvalue weighted by atomic mass is 16.1. The van der Waals surface area contributed by atoms with Gasteiger partial charge in [0.1, 0.15) is 0 Å². The van der Waals surface area contributed by atoms with Crippen LogP contribution in [-0.4, -0.2) is 4.57 Å². The van der Waals surface area contributed by atoms with Crippen LogP contribution in [0.1, 0.15) is 0 Å². The molecule has 9 rings (SSSR count). The molecule has 0 bridgehead atoms. The summed E-state index contributed by atoms with van der Waals surface area (Å²) in [6.07, 6.45) is 0. The molecule has 1 aromatic heterocycles. The average Bonchev–Trinajstić information content (AvgIpc) is 3.11. The first-order chi connectivity index (χ1) is 22.3. The lowest BCUT2D eigenvalue weighted by atomic mass is 9.89. The van der Waals surface area contributed by atoms with E-state index in [-0.39, 0.29) is 5.56 Å². The zero-order valence-electron chi connectivity index (χ0n) is 24.4. The molecule has 0 saturated heterocycles. The van der Waals surface area contributed by atoms with Crippen LogP contribution in [0.15, 0.2) is 169 Å². The van der Waals surface area contributed by atoms with Crippen LogP contribution in [0.3, 0.4) is 0 Å². The lowest BCUT2D eigenvalue weighted by molar-refractivity contribution is 1.08. The fraction of sp³-hybridized carbons (Fsp3) is 0. The molecule has 1 heterocycles. The minimum atomic E-state index is -0.0145. The predicted octanol–water partition coefficient (Wildman–Crippen LogP) is 10.9. The lowest BCUT2D eigenvalue weighted by Gasteiger charge is -2.21. The molecule has 0 amide bonds. The molecule has 0 atom stereocenters. The van der Waals surface area contributed by atoms with Crippen molar-refractivity contribution in [3.63, 3.8) is 0 Å². The molecular formula is C43H27NO. The molecule has 9 aromatic rings. The average molecular weight is 574 g/mol.